The lowest BCUT2D eigenvalue weighted by Gasteiger charge is -2.32. The van der Waals surface area contributed by atoms with Crippen molar-refractivity contribution in [3.8, 4) is 0 Å². The lowest BCUT2D eigenvalue weighted by atomic mass is 9.96. The standard InChI is InChI=1S/C24H28N4O2/c29-23-10-9-20(18-28(23)17-12-21-7-3-4-13-25-21)24(30)26-14-5-15-27-16-11-19-6-1-2-8-22(19)27/h1-4,6-8,11,13,16,20H,5,9-10,12,14-15,17-18H2,(H,26,30)/t20-/m1/s1. The second-order valence-electron chi connectivity index (χ2n) is 7.86. The lowest BCUT2D eigenvalue weighted by Crippen LogP contribution is -2.46. The smallest absolute Gasteiger partial charge is 0.224 e. The van der Waals surface area contributed by atoms with E-state index in [-0.39, 0.29) is 17.7 Å². The molecule has 6 nitrogen and oxygen atoms in total. The number of aryl methyl sites for hydroxylation is 1. The molecule has 2 aromatic heterocycles. The Hall–Kier alpha value is -3.15. The largest absolute Gasteiger partial charge is 0.356 e. The summed E-state index contributed by atoms with van der Waals surface area (Å²) in [5.41, 5.74) is 2.19. The molecule has 4 rings (SSSR count). The quantitative estimate of drug-likeness (QED) is 0.587. The summed E-state index contributed by atoms with van der Waals surface area (Å²) in [5, 5.41) is 4.30. The van der Waals surface area contributed by atoms with Crippen molar-refractivity contribution >= 4 is 22.7 Å². The Bertz CT molecular complexity index is 999. The predicted molar refractivity (Wildman–Crippen MR) is 117 cm³/mol. The van der Waals surface area contributed by atoms with Crippen molar-refractivity contribution in [1.29, 1.82) is 0 Å². The van der Waals surface area contributed by atoms with Crippen LogP contribution in [0.25, 0.3) is 10.9 Å². The number of para-hydroxylation sites is 1. The average Bonchev–Trinajstić information content (AvgIpc) is 3.20. The van der Waals surface area contributed by atoms with Crippen molar-refractivity contribution < 1.29 is 9.59 Å². The number of amides is 2. The van der Waals surface area contributed by atoms with Crippen LogP contribution < -0.4 is 5.32 Å². The van der Waals surface area contributed by atoms with Gasteiger partial charge in [-0.3, -0.25) is 14.6 Å². The minimum absolute atomic E-state index is 0.0581. The fourth-order valence-corrected chi connectivity index (χ4v) is 4.08. The highest BCUT2D eigenvalue weighted by Gasteiger charge is 2.29. The van der Waals surface area contributed by atoms with Crippen molar-refractivity contribution in [2.75, 3.05) is 19.6 Å². The van der Waals surface area contributed by atoms with Gasteiger partial charge in [0, 0.05) is 62.6 Å². The number of nitrogens with one attached hydrogen (secondary N) is 1. The molecule has 1 fully saturated rings. The molecule has 1 aliphatic heterocycles. The molecule has 3 aromatic rings. The van der Waals surface area contributed by atoms with Gasteiger partial charge >= 0.3 is 0 Å². The first-order chi connectivity index (χ1) is 14.7. The van der Waals surface area contributed by atoms with Crippen LogP contribution in [0.15, 0.2) is 60.9 Å². The minimum Gasteiger partial charge on any atom is -0.356 e. The van der Waals surface area contributed by atoms with Gasteiger partial charge in [0.05, 0.1) is 5.92 Å². The summed E-state index contributed by atoms with van der Waals surface area (Å²) in [6, 6.07) is 16.2. The van der Waals surface area contributed by atoms with Crippen LogP contribution in [0.5, 0.6) is 0 Å². The maximum absolute atomic E-state index is 12.6. The normalized spacial score (nSPS) is 16.7. The third-order valence-electron chi connectivity index (χ3n) is 5.79. The first-order valence-corrected chi connectivity index (χ1v) is 10.7. The number of carbonyl (C=O) groups excluding carboxylic acids is 2. The molecule has 2 amide bonds. The van der Waals surface area contributed by atoms with Gasteiger partial charge in [-0.05, 0) is 42.5 Å². The molecule has 3 heterocycles. The van der Waals surface area contributed by atoms with Gasteiger partial charge in [0.25, 0.3) is 0 Å². The number of pyridine rings is 1. The minimum atomic E-state index is -0.126. The number of fused-ring (bicyclic) bond motifs is 1. The van der Waals surface area contributed by atoms with Crippen LogP contribution in [0.2, 0.25) is 0 Å². The van der Waals surface area contributed by atoms with Crippen molar-refractivity contribution in [3.63, 3.8) is 0 Å². The molecule has 1 aliphatic rings. The van der Waals surface area contributed by atoms with Gasteiger partial charge in [0.2, 0.25) is 11.8 Å². The molecule has 1 N–H and O–H groups in total. The molecular formula is C24H28N4O2. The molecule has 0 bridgehead atoms. The Balaban J connectivity index is 1.22. The van der Waals surface area contributed by atoms with Gasteiger partial charge in [0.15, 0.2) is 0 Å². The van der Waals surface area contributed by atoms with Crippen molar-refractivity contribution in [1.82, 2.24) is 19.8 Å². The van der Waals surface area contributed by atoms with E-state index in [2.05, 4.69) is 39.3 Å². The molecule has 0 spiro atoms. The zero-order valence-electron chi connectivity index (χ0n) is 17.2. The summed E-state index contributed by atoms with van der Waals surface area (Å²) < 4.78 is 2.22. The van der Waals surface area contributed by atoms with Crippen LogP contribution in [0.1, 0.15) is 25.0 Å². The van der Waals surface area contributed by atoms with Crippen LogP contribution in [0, 0.1) is 5.92 Å². The topological polar surface area (TPSA) is 67.2 Å². The molecule has 30 heavy (non-hydrogen) atoms. The van der Waals surface area contributed by atoms with E-state index in [4.69, 9.17) is 0 Å². The van der Waals surface area contributed by atoms with E-state index >= 15 is 0 Å². The van der Waals surface area contributed by atoms with Gasteiger partial charge in [0.1, 0.15) is 0 Å². The number of hydrogen-bond acceptors (Lipinski definition) is 3. The highest BCUT2D eigenvalue weighted by atomic mass is 16.2. The maximum atomic E-state index is 12.6. The van der Waals surface area contributed by atoms with E-state index < -0.39 is 0 Å². The number of carbonyl (C=O) groups is 2. The molecule has 1 aromatic carbocycles. The maximum Gasteiger partial charge on any atom is 0.224 e. The van der Waals surface area contributed by atoms with E-state index in [0.29, 0.717) is 38.9 Å². The SMILES string of the molecule is O=C(NCCCn1ccc2ccccc21)[C@@H]1CCC(=O)N(CCc2ccccn2)C1. The van der Waals surface area contributed by atoms with E-state index in [1.807, 2.05) is 35.2 Å². The summed E-state index contributed by atoms with van der Waals surface area (Å²) in [7, 11) is 0. The number of benzene rings is 1. The first-order valence-electron chi connectivity index (χ1n) is 10.7. The third-order valence-corrected chi connectivity index (χ3v) is 5.79. The summed E-state index contributed by atoms with van der Waals surface area (Å²) in [6.07, 6.45) is 6.52. The Morgan fingerprint density at radius 3 is 2.83 bits per heavy atom. The second kappa shape index (κ2) is 9.57. The molecule has 156 valence electrons. The van der Waals surface area contributed by atoms with Crippen molar-refractivity contribution in [3.05, 3.63) is 66.6 Å². The predicted octanol–water partition coefficient (Wildman–Crippen LogP) is 3.02. The fourth-order valence-electron chi connectivity index (χ4n) is 4.08. The van der Waals surface area contributed by atoms with Crippen LogP contribution in [-0.4, -0.2) is 45.9 Å². The van der Waals surface area contributed by atoms with Gasteiger partial charge in [-0.2, -0.15) is 0 Å². The van der Waals surface area contributed by atoms with E-state index in [1.165, 1.54) is 10.9 Å². The Morgan fingerprint density at radius 2 is 1.97 bits per heavy atom. The number of likely N-dealkylation sites (tertiary alicyclic amines) is 1. The Morgan fingerprint density at radius 1 is 1.10 bits per heavy atom. The van der Waals surface area contributed by atoms with E-state index in [9.17, 15) is 9.59 Å². The number of rotatable bonds is 8. The number of piperidine rings is 1. The summed E-state index contributed by atoms with van der Waals surface area (Å²) in [6.45, 7) is 2.62. The third kappa shape index (κ3) is 4.87. The Labute approximate surface area is 176 Å². The molecule has 0 aliphatic carbocycles. The average molecular weight is 405 g/mol. The van der Waals surface area contributed by atoms with Gasteiger partial charge < -0.3 is 14.8 Å². The monoisotopic (exact) mass is 404 g/mol. The fraction of sp³-hybridized carbons (Fsp3) is 0.375. The summed E-state index contributed by atoms with van der Waals surface area (Å²) in [4.78, 5) is 31.0. The highest BCUT2D eigenvalue weighted by molar-refractivity contribution is 5.83. The van der Waals surface area contributed by atoms with Crippen LogP contribution in [-0.2, 0) is 22.6 Å². The first kappa shape index (κ1) is 20.1. The highest BCUT2D eigenvalue weighted by Crippen LogP contribution is 2.19. The molecule has 1 saturated heterocycles. The van der Waals surface area contributed by atoms with Gasteiger partial charge in [-0.1, -0.05) is 24.3 Å². The molecule has 0 unspecified atom stereocenters. The number of nitrogens with zero attached hydrogens (tertiary/aromatic N) is 3. The molecule has 0 radical (unpaired) electrons. The van der Waals surface area contributed by atoms with Crippen molar-refractivity contribution in [2.45, 2.75) is 32.2 Å². The Kier molecular flexibility index (Phi) is 6.42. The number of aromatic nitrogens is 2. The molecule has 6 heteroatoms. The molecule has 1 atom stereocenters. The number of hydrogen-bond donors (Lipinski definition) is 1. The zero-order valence-corrected chi connectivity index (χ0v) is 17.2. The molecular weight excluding hydrogens is 376 g/mol. The van der Waals surface area contributed by atoms with Gasteiger partial charge in [-0.25, -0.2) is 0 Å². The van der Waals surface area contributed by atoms with Crippen LogP contribution in [0.4, 0.5) is 0 Å². The van der Waals surface area contributed by atoms with Crippen molar-refractivity contribution in [2.24, 2.45) is 5.92 Å². The van der Waals surface area contributed by atoms with Crippen LogP contribution >= 0.6 is 0 Å². The van der Waals surface area contributed by atoms with Gasteiger partial charge in [-0.15, -0.1) is 0 Å². The van der Waals surface area contributed by atoms with Crippen LogP contribution in [0.3, 0.4) is 0 Å². The zero-order chi connectivity index (χ0) is 20.8. The summed E-state index contributed by atoms with van der Waals surface area (Å²) in [5.74, 6) is 0.0657. The lowest BCUT2D eigenvalue weighted by molar-refractivity contribution is -0.138. The second-order valence-corrected chi connectivity index (χ2v) is 7.86. The van der Waals surface area contributed by atoms with E-state index in [0.717, 1.165) is 18.7 Å². The molecule has 0 saturated carbocycles. The summed E-state index contributed by atoms with van der Waals surface area (Å²) >= 11 is 0. The van der Waals surface area contributed by atoms with E-state index in [1.54, 1.807) is 6.20 Å².